The van der Waals surface area contributed by atoms with Gasteiger partial charge in [-0.2, -0.15) is 0 Å². The Morgan fingerprint density at radius 2 is 2.12 bits per heavy atom. The molecular weight excluding hydrogens is 230 g/mol. The molecule has 92 valence electrons. The second-order valence-electron chi connectivity index (χ2n) is 3.49. The van der Waals surface area contributed by atoms with Crippen molar-refractivity contribution in [1.29, 1.82) is 0 Å². The first-order chi connectivity index (χ1) is 7.97. The van der Waals surface area contributed by atoms with Crippen molar-refractivity contribution in [3.63, 3.8) is 0 Å². The van der Waals surface area contributed by atoms with Crippen LogP contribution in [0.4, 0.5) is 8.78 Å². The number of carboxylic acids is 1. The molecule has 5 heteroatoms. The van der Waals surface area contributed by atoms with Gasteiger partial charge in [-0.25, -0.2) is 8.78 Å². The van der Waals surface area contributed by atoms with Gasteiger partial charge in [0.1, 0.15) is 11.6 Å². The van der Waals surface area contributed by atoms with Crippen LogP contribution < -0.4 is 0 Å². The van der Waals surface area contributed by atoms with Gasteiger partial charge in [-0.3, -0.25) is 4.79 Å². The van der Waals surface area contributed by atoms with Crippen molar-refractivity contribution < 1.29 is 23.4 Å². The molecule has 0 aromatic heterocycles. The standard InChI is InChI=1S/C12H12F2O3/c1-7-11(13)8(3-4-17-2)5-9(12(7)14)6-10(15)16/h3-5H,6H2,1-2H3,(H,15,16)/b4-3+. The van der Waals surface area contributed by atoms with E-state index in [1.807, 2.05) is 0 Å². The van der Waals surface area contributed by atoms with Gasteiger partial charge in [-0.1, -0.05) is 0 Å². The third-order valence-electron chi connectivity index (χ3n) is 2.25. The summed E-state index contributed by atoms with van der Waals surface area (Å²) in [5.74, 6) is -2.71. The summed E-state index contributed by atoms with van der Waals surface area (Å²) < 4.78 is 31.8. The molecule has 1 aromatic rings. The molecule has 3 nitrogen and oxygen atoms in total. The zero-order chi connectivity index (χ0) is 13.0. The minimum absolute atomic E-state index is 0.0489. The van der Waals surface area contributed by atoms with E-state index in [0.717, 1.165) is 0 Å². The molecule has 0 spiro atoms. The van der Waals surface area contributed by atoms with E-state index in [-0.39, 0.29) is 16.7 Å². The molecular formula is C12H12F2O3. The van der Waals surface area contributed by atoms with E-state index in [1.54, 1.807) is 0 Å². The molecule has 0 amide bonds. The average Bonchev–Trinajstić information content (AvgIpc) is 2.28. The zero-order valence-electron chi connectivity index (χ0n) is 9.46. The van der Waals surface area contributed by atoms with Crippen molar-refractivity contribution in [3.8, 4) is 0 Å². The molecule has 0 radical (unpaired) electrons. The number of hydrogen-bond donors (Lipinski definition) is 1. The number of aliphatic carboxylic acids is 1. The van der Waals surface area contributed by atoms with E-state index in [9.17, 15) is 13.6 Å². The summed E-state index contributed by atoms with van der Waals surface area (Å²) in [6.07, 6.45) is 2.06. The lowest BCUT2D eigenvalue weighted by molar-refractivity contribution is -0.136. The topological polar surface area (TPSA) is 46.5 Å². The van der Waals surface area contributed by atoms with E-state index in [4.69, 9.17) is 5.11 Å². The van der Waals surface area contributed by atoms with Gasteiger partial charge < -0.3 is 9.84 Å². The molecule has 1 aromatic carbocycles. The Morgan fingerprint density at radius 1 is 1.47 bits per heavy atom. The summed E-state index contributed by atoms with van der Waals surface area (Å²) in [6.45, 7) is 1.26. The summed E-state index contributed by atoms with van der Waals surface area (Å²) >= 11 is 0. The summed E-state index contributed by atoms with van der Waals surface area (Å²) in [7, 11) is 1.39. The van der Waals surface area contributed by atoms with E-state index >= 15 is 0 Å². The van der Waals surface area contributed by atoms with Crippen molar-refractivity contribution >= 4 is 12.0 Å². The first-order valence-corrected chi connectivity index (χ1v) is 4.86. The summed E-state index contributed by atoms with van der Waals surface area (Å²) in [5, 5.41) is 8.62. The maximum absolute atomic E-state index is 13.6. The molecule has 1 N–H and O–H groups in total. The first-order valence-electron chi connectivity index (χ1n) is 4.86. The number of rotatable bonds is 4. The van der Waals surface area contributed by atoms with E-state index in [1.165, 1.54) is 32.4 Å². The van der Waals surface area contributed by atoms with Crippen LogP contribution in [0.25, 0.3) is 6.08 Å². The minimum atomic E-state index is -1.17. The van der Waals surface area contributed by atoms with Crippen molar-refractivity contribution in [2.75, 3.05) is 7.11 Å². The minimum Gasteiger partial charge on any atom is -0.504 e. The van der Waals surface area contributed by atoms with Crippen LogP contribution in [0.15, 0.2) is 12.3 Å². The lowest BCUT2D eigenvalue weighted by Crippen LogP contribution is -2.06. The number of carbonyl (C=O) groups is 1. The van der Waals surface area contributed by atoms with Crippen LogP contribution in [-0.4, -0.2) is 18.2 Å². The van der Waals surface area contributed by atoms with E-state index in [2.05, 4.69) is 4.74 Å². The zero-order valence-corrected chi connectivity index (χ0v) is 9.46. The molecule has 1 rings (SSSR count). The Kier molecular flexibility index (Phi) is 4.20. The smallest absolute Gasteiger partial charge is 0.307 e. The van der Waals surface area contributed by atoms with Gasteiger partial charge in [0.2, 0.25) is 0 Å². The van der Waals surface area contributed by atoms with Gasteiger partial charge in [-0.05, 0) is 24.6 Å². The molecule has 0 aliphatic carbocycles. The predicted molar refractivity (Wildman–Crippen MR) is 58.5 cm³/mol. The second kappa shape index (κ2) is 5.43. The van der Waals surface area contributed by atoms with Crippen molar-refractivity contribution in [1.82, 2.24) is 0 Å². The Balaban J connectivity index is 3.28. The Labute approximate surface area is 97.3 Å². The monoisotopic (exact) mass is 242 g/mol. The number of carboxylic acid groups (broad SMARTS) is 1. The molecule has 0 saturated carbocycles. The predicted octanol–water partition coefficient (Wildman–Crippen LogP) is 2.52. The highest BCUT2D eigenvalue weighted by atomic mass is 19.1. The molecule has 0 unspecified atom stereocenters. The highest BCUT2D eigenvalue weighted by Crippen LogP contribution is 2.22. The van der Waals surface area contributed by atoms with Gasteiger partial charge in [0, 0.05) is 11.1 Å². The number of halogens is 2. The van der Waals surface area contributed by atoms with Gasteiger partial charge in [0.05, 0.1) is 19.8 Å². The lowest BCUT2D eigenvalue weighted by Gasteiger charge is -2.08. The van der Waals surface area contributed by atoms with Crippen LogP contribution in [0, 0.1) is 18.6 Å². The Hall–Kier alpha value is -1.91. The molecule has 0 aliphatic heterocycles. The molecule has 17 heavy (non-hydrogen) atoms. The number of hydrogen-bond acceptors (Lipinski definition) is 2. The SMILES string of the molecule is CO/C=C/c1cc(CC(=O)O)c(F)c(C)c1F. The van der Waals surface area contributed by atoms with Crippen LogP contribution >= 0.6 is 0 Å². The Bertz CT molecular complexity index is 467. The third kappa shape index (κ3) is 3.03. The van der Waals surface area contributed by atoms with Crippen LogP contribution in [0.2, 0.25) is 0 Å². The van der Waals surface area contributed by atoms with Gasteiger partial charge in [0.25, 0.3) is 0 Å². The van der Waals surface area contributed by atoms with Crippen LogP contribution in [0.5, 0.6) is 0 Å². The third-order valence-corrected chi connectivity index (χ3v) is 2.25. The first kappa shape index (κ1) is 13.2. The van der Waals surface area contributed by atoms with Gasteiger partial charge in [0.15, 0.2) is 0 Å². The quantitative estimate of drug-likeness (QED) is 0.825. The molecule has 0 saturated heterocycles. The molecule has 0 fully saturated rings. The van der Waals surface area contributed by atoms with E-state index < -0.39 is 24.0 Å². The summed E-state index contributed by atoms with van der Waals surface area (Å²) in [6, 6.07) is 1.17. The second-order valence-corrected chi connectivity index (χ2v) is 3.49. The largest absolute Gasteiger partial charge is 0.504 e. The van der Waals surface area contributed by atoms with Gasteiger partial charge in [-0.15, -0.1) is 0 Å². The van der Waals surface area contributed by atoms with Crippen LogP contribution in [0.3, 0.4) is 0 Å². The number of benzene rings is 1. The molecule has 0 heterocycles. The molecule has 0 atom stereocenters. The Morgan fingerprint density at radius 3 is 2.65 bits per heavy atom. The van der Waals surface area contributed by atoms with Crippen molar-refractivity contribution in [3.05, 3.63) is 40.7 Å². The number of ether oxygens (including phenoxy) is 1. The van der Waals surface area contributed by atoms with Crippen LogP contribution in [0.1, 0.15) is 16.7 Å². The van der Waals surface area contributed by atoms with Gasteiger partial charge >= 0.3 is 5.97 Å². The van der Waals surface area contributed by atoms with E-state index in [0.29, 0.717) is 0 Å². The fourth-order valence-corrected chi connectivity index (χ4v) is 1.42. The summed E-state index contributed by atoms with van der Waals surface area (Å²) in [4.78, 5) is 10.5. The molecule has 0 bridgehead atoms. The maximum atomic E-state index is 13.6. The fraction of sp³-hybridized carbons (Fsp3) is 0.250. The molecule has 0 aliphatic rings. The number of methoxy groups -OCH3 is 1. The summed E-state index contributed by atoms with van der Waals surface area (Å²) in [5.41, 5.74) is -0.145. The lowest BCUT2D eigenvalue weighted by atomic mass is 10.0. The van der Waals surface area contributed by atoms with Crippen molar-refractivity contribution in [2.45, 2.75) is 13.3 Å². The maximum Gasteiger partial charge on any atom is 0.307 e. The average molecular weight is 242 g/mol. The van der Waals surface area contributed by atoms with Crippen molar-refractivity contribution in [2.24, 2.45) is 0 Å². The fourth-order valence-electron chi connectivity index (χ4n) is 1.42. The van der Waals surface area contributed by atoms with Crippen LogP contribution in [-0.2, 0) is 16.0 Å². The highest BCUT2D eigenvalue weighted by molar-refractivity contribution is 5.71. The normalized spacial score (nSPS) is 10.8. The highest BCUT2D eigenvalue weighted by Gasteiger charge is 2.15.